The number of nitrogens with one attached hydrogen (secondary N) is 1. The molecule has 10 nitrogen and oxygen atoms in total. The molecule has 1 saturated heterocycles. The molecule has 1 saturated carbocycles. The van der Waals surface area contributed by atoms with E-state index in [2.05, 4.69) is 10.1 Å². The molecule has 2 aromatic rings. The molecule has 2 atom stereocenters. The molecule has 37 heavy (non-hydrogen) atoms. The summed E-state index contributed by atoms with van der Waals surface area (Å²) in [6.45, 7) is 6.51. The topological polar surface area (TPSA) is 128 Å². The van der Waals surface area contributed by atoms with Crippen LogP contribution < -0.4 is 5.56 Å². The van der Waals surface area contributed by atoms with Gasteiger partial charge in [-0.15, -0.1) is 0 Å². The highest BCUT2D eigenvalue weighted by molar-refractivity contribution is 5.91. The van der Waals surface area contributed by atoms with Crippen molar-refractivity contribution in [3.05, 3.63) is 32.9 Å². The Balaban J connectivity index is 1.37. The summed E-state index contributed by atoms with van der Waals surface area (Å²) in [4.78, 5) is 48.5. The van der Waals surface area contributed by atoms with Gasteiger partial charge in [-0.2, -0.15) is 0 Å². The van der Waals surface area contributed by atoms with Crippen LogP contribution in [-0.2, 0) is 38.1 Å². The molecule has 0 aromatic carbocycles. The Morgan fingerprint density at radius 3 is 2.65 bits per heavy atom. The Labute approximate surface area is 215 Å². The van der Waals surface area contributed by atoms with Crippen LogP contribution in [0.15, 0.2) is 9.32 Å². The van der Waals surface area contributed by atoms with Crippen molar-refractivity contribution >= 4 is 11.9 Å². The molecule has 1 N–H and O–H groups in total. The number of carbonyl (C=O) groups excluding carboxylic acids is 2. The van der Waals surface area contributed by atoms with E-state index in [1.165, 1.54) is 0 Å². The predicted octanol–water partition coefficient (Wildman–Crippen LogP) is 3.55. The van der Waals surface area contributed by atoms with Gasteiger partial charge in [0.15, 0.2) is 17.3 Å². The monoisotopic (exact) mass is 510 g/mol. The van der Waals surface area contributed by atoms with Crippen LogP contribution in [0, 0.1) is 0 Å². The highest BCUT2D eigenvalue weighted by Crippen LogP contribution is 2.48. The van der Waals surface area contributed by atoms with Crippen LogP contribution >= 0.6 is 0 Å². The van der Waals surface area contributed by atoms with E-state index in [4.69, 9.17) is 19.0 Å². The number of Topliss-reactive ketones (excluding diaryl/α,β-unsaturated/α-hetero) is 1. The van der Waals surface area contributed by atoms with Crippen molar-refractivity contribution in [3.8, 4) is 11.5 Å². The molecule has 2 spiro atoms. The van der Waals surface area contributed by atoms with Gasteiger partial charge in [-0.25, -0.2) is 9.78 Å². The second kappa shape index (κ2) is 8.51. The fourth-order valence-corrected chi connectivity index (χ4v) is 6.60. The van der Waals surface area contributed by atoms with Crippen LogP contribution in [0.1, 0.15) is 88.3 Å². The lowest BCUT2D eigenvalue weighted by Crippen LogP contribution is -2.52. The number of hydrogen-bond donors (Lipinski definition) is 1. The second-order valence-electron chi connectivity index (χ2n) is 11.9. The maximum absolute atomic E-state index is 13.2. The van der Waals surface area contributed by atoms with Crippen molar-refractivity contribution in [1.29, 1.82) is 0 Å². The summed E-state index contributed by atoms with van der Waals surface area (Å²) in [5.74, 6) is 1.21. The van der Waals surface area contributed by atoms with E-state index < -0.39 is 22.7 Å². The lowest BCUT2D eigenvalue weighted by atomic mass is 9.64. The first kappa shape index (κ1) is 24.3. The van der Waals surface area contributed by atoms with Gasteiger partial charge >= 0.3 is 6.09 Å². The molecule has 4 aliphatic rings. The van der Waals surface area contributed by atoms with E-state index in [0.717, 1.165) is 44.1 Å². The fraction of sp³-hybridized carbons (Fsp3) is 0.667. The summed E-state index contributed by atoms with van der Waals surface area (Å²) in [6.07, 6.45) is 6.27. The average molecular weight is 511 g/mol. The number of aromatic amines is 1. The lowest BCUT2D eigenvalue weighted by molar-refractivity contribution is -0.128. The molecule has 0 radical (unpaired) electrons. The third-order valence-electron chi connectivity index (χ3n) is 8.33. The van der Waals surface area contributed by atoms with E-state index in [-0.39, 0.29) is 17.9 Å². The number of morpholine rings is 1. The minimum absolute atomic E-state index is 0.231. The minimum atomic E-state index is -0.877. The van der Waals surface area contributed by atoms with Gasteiger partial charge in [0.05, 0.1) is 24.3 Å². The van der Waals surface area contributed by atoms with Crippen LogP contribution in [-0.4, -0.2) is 57.2 Å². The number of amides is 1. The molecule has 1 aliphatic heterocycles. The van der Waals surface area contributed by atoms with E-state index in [0.29, 0.717) is 61.0 Å². The number of aromatic nitrogens is 3. The van der Waals surface area contributed by atoms with E-state index in [1.54, 1.807) is 4.90 Å². The summed E-state index contributed by atoms with van der Waals surface area (Å²) in [5, 5.41) is 4.35. The Bertz CT molecular complexity index is 1320. The molecular formula is C27H34N4O6. The van der Waals surface area contributed by atoms with Crippen LogP contribution in [0.3, 0.4) is 0 Å². The van der Waals surface area contributed by atoms with Crippen molar-refractivity contribution in [2.75, 3.05) is 19.7 Å². The Morgan fingerprint density at radius 2 is 1.86 bits per heavy atom. The summed E-state index contributed by atoms with van der Waals surface area (Å²) in [6, 6.07) is 0. The number of fused-ring (bicyclic) bond motifs is 4. The van der Waals surface area contributed by atoms with Crippen LogP contribution in [0.2, 0.25) is 0 Å². The summed E-state index contributed by atoms with van der Waals surface area (Å²) in [7, 11) is 0. The van der Waals surface area contributed by atoms with Gasteiger partial charge in [0.1, 0.15) is 17.0 Å². The van der Waals surface area contributed by atoms with Gasteiger partial charge in [0, 0.05) is 24.1 Å². The van der Waals surface area contributed by atoms with Crippen molar-refractivity contribution in [1.82, 2.24) is 20.0 Å². The summed E-state index contributed by atoms with van der Waals surface area (Å²) in [5.41, 5.74) is 0.174. The molecule has 3 aliphatic carbocycles. The summed E-state index contributed by atoms with van der Waals surface area (Å²) >= 11 is 0. The quantitative estimate of drug-likeness (QED) is 0.617. The number of H-pyrrole nitrogens is 1. The van der Waals surface area contributed by atoms with Gasteiger partial charge in [0.25, 0.3) is 5.56 Å². The first-order valence-electron chi connectivity index (χ1n) is 13.4. The zero-order chi connectivity index (χ0) is 26.0. The number of ketones is 1. The molecule has 3 heterocycles. The second-order valence-corrected chi connectivity index (χ2v) is 11.9. The molecule has 10 heteroatoms. The molecule has 198 valence electrons. The number of rotatable bonds is 1. The van der Waals surface area contributed by atoms with Crippen LogP contribution in [0.25, 0.3) is 11.5 Å². The van der Waals surface area contributed by atoms with E-state index in [1.807, 2.05) is 20.8 Å². The third-order valence-corrected chi connectivity index (χ3v) is 8.33. The summed E-state index contributed by atoms with van der Waals surface area (Å²) < 4.78 is 17.7. The van der Waals surface area contributed by atoms with Gasteiger partial charge in [0.2, 0.25) is 0 Å². The van der Waals surface area contributed by atoms with Gasteiger partial charge in [-0.05, 0) is 65.7 Å². The highest BCUT2D eigenvalue weighted by atomic mass is 16.6. The van der Waals surface area contributed by atoms with E-state index >= 15 is 0 Å². The fourth-order valence-electron chi connectivity index (χ4n) is 6.60. The maximum Gasteiger partial charge on any atom is 0.410 e. The smallest absolute Gasteiger partial charge is 0.410 e. The van der Waals surface area contributed by atoms with Crippen molar-refractivity contribution in [3.63, 3.8) is 0 Å². The standard InChI is InChI=1S/C27H34N4O6/c1-25(2,3)36-24(34)31-13-14-35-27(15-31)12-9-17-20(27)28-22(29-23(17)33)19-16-7-6-11-26(21(16)37-30-19)10-5-4-8-18(26)32/h4-15H2,1-3H3,(H,28,29,33)/t26-,27?/m1/s1. The predicted molar refractivity (Wildman–Crippen MR) is 132 cm³/mol. The molecule has 0 bridgehead atoms. The molecule has 1 amide bonds. The number of hydrogen-bond acceptors (Lipinski definition) is 8. The molecular weight excluding hydrogens is 476 g/mol. The number of ether oxygens (including phenoxy) is 2. The molecule has 2 aromatic heterocycles. The SMILES string of the molecule is CC(C)(C)OC(=O)N1CCOC2(CCc3c2nc(-c2noc4c2CCC[C@@]42CCCCC2=O)[nH]c3=O)C1. The highest BCUT2D eigenvalue weighted by Gasteiger charge is 2.50. The molecule has 6 rings (SSSR count). The lowest BCUT2D eigenvalue weighted by Gasteiger charge is -2.40. The number of carbonyl (C=O) groups is 2. The zero-order valence-corrected chi connectivity index (χ0v) is 21.8. The van der Waals surface area contributed by atoms with Crippen molar-refractivity contribution < 1.29 is 23.6 Å². The van der Waals surface area contributed by atoms with Gasteiger partial charge in [-0.3, -0.25) is 9.59 Å². The molecule has 1 unspecified atom stereocenters. The normalized spacial score (nSPS) is 27.4. The first-order chi connectivity index (χ1) is 17.6. The minimum Gasteiger partial charge on any atom is -0.444 e. The van der Waals surface area contributed by atoms with Gasteiger partial charge in [-0.1, -0.05) is 11.6 Å². The Kier molecular flexibility index (Phi) is 5.60. The number of nitrogens with zero attached hydrogens (tertiary/aromatic N) is 3. The largest absolute Gasteiger partial charge is 0.444 e. The third kappa shape index (κ3) is 3.91. The Hall–Kier alpha value is -3.01. The average Bonchev–Trinajstić information content (AvgIpc) is 3.43. The zero-order valence-electron chi connectivity index (χ0n) is 21.8. The van der Waals surface area contributed by atoms with E-state index in [9.17, 15) is 14.4 Å². The maximum atomic E-state index is 13.2. The first-order valence-corrected chi connectivity index (χ1v) is 13.4. The van der Waals surface area contributed by atoms with Crippen LogP contribution in [0.5, 0.6) is 0 Å². The Morgan fingerprint density at radius 1 is 1.05 bits per heavy atom. The van der Waals surface area contributed by atoms with Gasteiger partial charge < -0.3 is 23.9 Å². The molecule has 2 fully saturated rings. The van der Waals surface area contributed by atoms with Crippen LogP contribution in [0.4, 0.5) is 4.79 Å². The van der Waals surface area contributed by atoms with Crippen molar-refractivity contribution in [2.45, 2.75) is 95.2 Å². The van der Waals surface area contributed by atoms with Crippen molar-refractivity contribution in [2.24, 2.45) is 0 Å².